The van der Waals surface area contributed by atoms with Gasteiger partial charge in [0.1, 0.15) is 0 Å². The van der Waals surface area contributed by atoms with Crippen LogP contribution in [0.3, 0.4) is 0 Å². The summed E-state index contributed by atoms with van der Waals surface area (Å²) in [7, 11) is 0. The Morgan fingerprint density at radius 1 is 1.22 bits per heavy atom. The summed E-state index contributed by atoms with van der Waals surface area (Å²) >= 11 is 3.34. The van der Waals surface area contributed by atoms with E-state index in [4.69, 9.17) is 0 Å². The first-order valence-corrected chi connectivity index (χ1v) is 9.90. The molecule has 2 amide bonds. The fourth-order valence-corrected chi connectivity index (χ4v) is 5.63. The average molecular weight is 346 g/mol. The number of rotatable bonds is 3. The van der Waals surface area contributed by atoms with Crippen LogP contribution < -0.4 is 4.90 Å². The first-order valence-electron chi connectivity index (χ1n) is 8.10. The molecule has 1 aliphatic heterocycles. The average Bonchev–Trinajstić information content (AvgIpc) is 3.07. The predicted molar refractivity (Wildman–Crippen MR) is 94.0 cm³/mol. The first kappa shape index (κ1) is 15.1. The predicted octanol–water partition coefficient (Wildman–Crippen LogP) is 4.09. The second-order valence-electron chi connectivity index (χ2n) is 6.07. The molecule has 4 rings (SSSR count). The van der Waals surface area contributed by atoms with Gasteiger partial charge in [-0.15, -0.1) is 11.3 Å². The van der Waals surface area contributed by atoms with Gasteiger partial charge >= 0.3 is 0 Å². The molecule has 1 aromatic heterocycles. The number of thioether (sulfide) groups is 1. The normalized spacial score (nSPS) is 24.5. The molecule has 6 heteroatoms. The fraction of sp³-hybridized carbons (Fsp3) is 0.471. The molecule has 4 nitrogen and oxygen atoms in total. The second-order valence-corrected chi connectivity index (χ2v) is 8.62. The van der Waals surface area contributed by atoms with E-state index in [1.54, 1.807) is 23.1 Å². The number of carbonyl (C=O) groups is 2. The Hall–Kier alpha value is -1.40. The van der Waals surface area contributed by atoms with Crippen LogP contribution in [0.5, 0.6) is 0 Å². The maximum absolute atomic E-state index is 12.7. The van der Waals surface area contributed by atoms with Crippen molar-refractivity contribution >= 4 is 50.8 Å². The van der Waals surface area contributed by atoms with Crippen molar-refractivity contribution < 1.29 is 9.59 Å². The minimum Gasteiger partial charge on any atom is -0.274 e. The molecule has 2 fully saturated rings. The number of thiazole rings is 1. The highest BCUT2D eigenvalue weighted by atomic mass is 32.2. The summed E-state index contributed by atoms with van der Waals surface area (Å²) in [6.45, 7) is 2.10. The quantitative estimate of drug-likeness (QED) is 0.620. The lowest BCUT2D eigenvalue weighted by Crippen LogP contribution is -2.30. The zero-order chi connectivity index (χ0) is 16.0. The van der Waals surface area contributed by atoms with Gasteiger partial charge in [-0.05, 0) is 36.8 Å². The van der Waals surface area contributed by atoms with Gasteiger partial charge in [0, 0.05) is 0 Å². The Morgan fingerprint density at radius 2 is 1.91 bits per heavy atom. The van der Waals surface area contributed by atoms with Gasteiger partial charge in [-0.3, -0.25) is 14.5 Å². The van der Waals surface area contributed by atoms with Crippen LogP contribution >= 0.6 is 23.1 Å². The SMILES string of the molecule is CCSc1nc2ccc(N3C(=O)[C@H]4CCCC[C@H]4C3=O)cc2s1. The van der Waals surface area contributed by atoms with Crippen LogP contribution in [0.1, 0.15) is 32.6 Å². The molecule has 0 spiro atoms. The van der Waals surface area contributed by atoms with E-state index in [2.05, 4.69) is 11.9 Å². The summed E-state index contributed by atoms with van der Waals surface area (Å²) in [6.07, 6.45) is 3.82. The molecule has 1 saturated heterocycles. The van der Waals surface area contributed by atoms with Crippen molar-refractivity contribution in [2.24, 2.45) is 11.8 Å². The maximum Gasteiger partial charge on any atom is 0.237 e. The lowest BCUT2D eigenvalue weighted by atomic mass is 9.81. The molecule has 1 aromatic carbocycles. The molecule has 2 heterocycles. The molecule has 23 heavy (non-hydrogen) atoms. The van der Waals surface area contributed by atoms with Crippen LogP contribution in [0.25, 0.3) is 10.2 Å². The van der Waals surface area contributed by atoms with Crippen LogP contribution in [-0.4, -0.2) is 22.6 Å². The van der Waals surface area contributed by atoms with Gasteiger partial charge in [0.2, 0.25) is 11.8 Å². The molecule has 2 aromatic rings. The van der Waals surface area contributed by atoms with Gasteiger partial charge in [-0.1, -0.05) is 31.5 Å². The molecular formula is C17H18N2O2S2. The van der Waals surface area contributed by atoms with Crippen molar-refractivity contribution in [3.63, 3.8) is 0 Å². The maximum atomic E-state index is 12.7. The highest BCUT2D eigenvalue weighted by Gasteiger charge is 2.48. The van der Waals surface area contributed by atoms with Gasteiger partial charge in [-0.25, -0.2) is 4.98 Å². The van der Waals surface area contributed by atoms with E-state index in [0.717, 1.165) is 46.0 Å². The first-order chi connectivity index (χ1) is 11.2. The van der Waals surface area contributed by atoms with Crippen molar-refractivity contribution in [3.8, 4) is 0 Å². The molecule has 0 unspecified atom stereocenters. The summed E-state index contributed by atoms with van der Waals surface area (Å²) in [6, 6.07) is 5.72. The monoisotopic (exact) mass is 346 g/mol. The Balaban J connectivity index is 1.70. The number of amides is 2. The van der Waals surface area contributed by atoms with Crippen LogP contribution in [0.15, 0.2) is 22.5 Å². The number of nitrogens with zero attached hydrogens (tertiary/aromatic N) is 2. The summed E-state index contributed by atoms with van der Waals surface area (Å²) in [5.74, 6) is 0.775. The Labute approximate surface area is 143 Å². The highest BCUT2D eigenvalue weighted by Crippen LogP contribution is 2.41. The van der Waals surface area contributed by atoms with E-state index in [9.17, 15) is 9.59 Å². The van der Waals surface area contributed by atoms with E-state index in [-0.39, 0.29) is 23.7 Å². The Bertz CT molecular complexity index is 762. The molecule has 1 saturated carbocycles. The number of anilines is 1. The molecule has 2 atom stereocenters. The van der Waals surface area contributed by atoms with Crippen LogP contribution in [-0.2, 0) is 9.59 Å². The van der Waals surface area contributed by atoms with Crippen molar-refractivity contribution in [3.05, 3.63) is 18.2 Å². The standard InChI is InChI=1S/C17H18N2O2S2/c1-2-22-17-18-13-8-7-10(9-14(13)23-17)19-15(20)11-5-3-4-6-12(11)16(19)21/h7-9,11-12H,2-6H2,1H3/t11-,12+. The molecular weight excluding hydrogens is 328 g/mol. The minimum absolute atomic E-state index is 0.00766. The number of aromatic nitrogens is 1. The molecule has 120 valence electrons. The molecule has 0 bridgehead atoms. The van der Waals surface area contributed by atoms with E-state index in [0.29, 0.717) is 5.69 Å². The number of benzene rings is 1. The number of carbonyl (C=O) groups excluding carboxylic acids is 2. The molecule has 0 radical (unpaired) electrons. The van der Waals surface area contributed by atoms with Gasteiger partial charge in [0.05, 0.1) is 27.7 Å². The van der Waals surface area contributed by atoms with E-state index < -0.39 is 0 Å². The molecule has 0 N–H and O–H groups in total. The van der Waals surface area contributed by atoms with Gasteiger partial charge < -0.3 is 0 Å². The van der Waals surface area contributed by atoms with Gasteiger partial charge in [0.15, 0.2) is 4.34 Å². The third-order valence-corrected chi connectivity index (χ3v) is 6.76. The molecule has 1 aliphatic carbocycles. The zero-order valence-electron chi connectivity index (χ0n) is 12.9. The number of fused-ring (bicyclic) bond motifs is 2. The van der Waals surface area contributed by atoms with Crippen molar-refractivity contribution in [2.45, 2.75) is 36.9 Å². The fourth-order valence-electron chi connectivity index (χ4n) is 3.63. The van der Waals surface area contributed by atoms with E-state index >= 15 is 0 Å². The molecule has 2 aliphatic rings. The van der Waals surface area contributed by atoms with Crippen molar-refractivity contribution in [1.82, 2.24) is 4.98 Å². The summed E-state index contributed by atoms with van der Waals surface area (Å²) in [5.41, 5.74) is 1.64. The van der Waals surface area contributed by atoms with Gasteiger partial charge in [0.25, 0.3) is 0 Å². The summed E-state index contributed by atoms with van der Waals surface area (Å²) in [4.78, 5) is 31.4. The van der Waals surface area contributed by atoms with E-state index in [1.165, 1.54) is 4.90 Å². The smallest absolute Gasteiger partial charge is 0.237 e. The highest BCUT2D eigenvalue weighted by molar-refractivity contribution is 8.01. The largest absolute Gasteiger partial charge is 0.274 e. The van der Waals surface area contributed by atoms with Crippen LogP contribution in [0, 0.1) is 11.8 Å². The summed E-state index contributed by atoms with van der Waals surface area (Å²) in [5, 5.41) is 0. The van der Waals surface area contributed by atoms with Crippen molar-refractivity contribution in [1.29, 1.82) is 0 Å². The zero-order valence-corrected chi connectivity index (χ0v) is 14.6. The number of hydrogen-bond acceptors (Lipinski definition) is 5. The van der Waals surface area contributed by atoms with Gasteiger partial charge in [-0.2, -0.15) is 0 Å². The van der Waals surface area contributed by atoms with Crippen LogP contribution in [0.4, 0.5) is 5.69 Å². The third kappa shape index (κ3) is 2.48. The number of imide groups is 1. The van der Waals surface area contributed by atoms with Crippen LogP contribution in [0.2, 0.25) is 0 Å². The Morgan fingerprint density at radius 3 is 2.57 bits per heavy atom. The lowest BCUT2D eigenvalue weighted by molar-refractivity contribution is -0.122. The number of hydrogen-bond donors (Lipinski definition) is 0. The lowest BCUT2D eigenvalue weighted by Gasteiger charge is -2.19. The minimum atomic E-state index is -0.0976. The summed E-state index contributed by atoms with van der Waals surface area (Å²) < 4.78 is 2.07. The second kappa shape index (κ2) is 5.91. The topological polar surface area (TPSA) is 50.3 Å². The Kier molecular flexibility index (Phi) is 3.89. The third-order valence-electron chi connectivity index (χ3n) is 4.72. The van der Waals surface area contributed by atoms with E-state index in [1.807, 2.05) is 18.2 Å². The van der Waals surface area contributed by atoms with Crippen molar-refractivity contribution in [2.75, 3.05) is 10.7 Å².